The van der Waals surface area contributed by atoms with Crippen LogP contribution in [-0.2, 0) is 6.61 Å². The van der Waals surface area contributed by atoms with Crippen molar-refractivity contribution in [1.29, 1.82) is 0 Å². The Kier molecular flexibility index (Phi) is 2.64. The lowest BCUT2D eigenvalue weighted by Gasteiger charge is -2.08. The summed E-state index contributed by atoms with van der Waals surface area (Å²) in [5.74, 6) is 0.388. The largest absolute Gasteiger partial charge is 0.505 e. The fraction of sp³-hybridized carbons (Fsp3) is 0.133. The Hall–Kier alpha value is -2.93. The van der Waals surface area contributed by atoms with Crippen molar-refractivity contribution >= 4 is 21.9 Å². The molecule has 7 nitrogen and oxygen atoms in total. The number of aliphatic hydroxyl groups excluding tert-OH is 1. The first kappa shape index (κ1) is 12.8. The second-order valence-corrected chi connectivity index (χ2v) is 5.14. The summed E-state index contributed by atoms with van der Waals surface area (Å²) in [4.78, 5) is 13.0. The van der Waals surface area contributed by atoms with Crippen molar-refractivity contribution in [3.63, 3.8) is 0 Å². The van der Waals surface area contributed by atoms with Gasteiger partial charge in [0, 0.05) is 23.3 Å². The van der Waals surface area contributed by atoms with E-state index in [9.17, 15) is 10.2 Å². The number of aromatic nitrogens is 5. The normalized spacial score (nSPS) is 11.5. The molecule has 0 aliphatic carbocycles. The van der Waals surface area contributed by atoms with Crippen LogP contribution in [0.5, 0.6) is 5.75 Å². The number of rotatable bonds is 2. The molecule has 0 saturated carbocycles. The standard InChI is InChI=1S/C15H13N5O2/c1-7-14(22)13(9(6-21)4-16-7)15-18-11-2-8-5-17-20-10(8)3-12(11)19-15/h2-5,17,20-22H,6H2,1H3. The zero-order chi connectivity index (χ0) is 15.3. The third-order valence-corrected chi connectivity index (χ3v) is 3.74. The third kappa shape index (κ3) is 1.76. The summed E-state index contributed by atoms with van der Waals surface area (Å²) >= 11 is 0. The van der Waals surface area contributed by atoms with Crippen LogP contribution in [0, 0.1) is 6.92 Å². The molecule has 0 fully saturated rings. The molecular weight excluding hydrogens is 282 g/mol. The van der Waals surface area contributed by atoms with E-state index < -0.39 is 0 Å². The van der Waals surface area contributed by atoms with Gasteiger partial charge in [0.15, 0.2) is 5.82 Å². The van der Waals surface area contributed by atoms with Gasteiger partial charge in [-0.1, -0.05) is 0 Å². The predicted molar refractivity (Wildman–Crippen MR) is 81.3 cm³/mol. The Morgan fingerprint density at radius 1 is 1.18 bits per heavy atom. The summed E-state index contributed by atoms with van der Waals surface area (Å²) in [6.07, 6.45) is 3.38. The zero-order valence-corrected chi connectivity index (χ0v) is 11.8. The van der Waals surface area contributed by atoms with Gasteiger partial charge >= 0.3 is 0 Å². The molecule has 3 aromatic heterocycles. The van der Waals surface area contributed by atoms with E-state index in [0.717, 1.165) is 21.9 Å². The monoisotopic (exact) mass is 295 g/mol. The molecule has 7 heteroatoms. The van der Waals surface area contributed by atoms with Gasteiger partial charge in [-0.05, 0) is 19.1 Å². The van der Waals surface area contributed by atoms with Crippen LogP contribution in [0.3, 0.4) is 0 Å². The Balaban J connectivity index is 2.00. The number of aliphatic hydroxyl groups is 1. The molecule has 4 rings (SSSR count). The molecule has 0 aliphatic heterocycles. The van der Waals surface area contributed by atoms with E-state index in [1.807, 2.05) is 18.3 Å². The molecule has 4 aromatic rings. The van der Waals surface area contributed by atoms with Gasteiger partial charge in [0.1, 0.15) is 5.75 Å². The Morgan fingerprint density at radius 3 is 2.73 bits per heavy atom. The maximum atomic E-state index is 10.3. The summed E-state index contributed by atoms with van der Waals surface area (Å²) in [5.41, 5.74) is 3.78. The zero-order valence-electron chi connectivity index (χ0n) is 11.8. The van der Waals surface area contributed by atoms with Gasteiger partial charge in [-0.2, -0.15) is 0 Å². The van der Waals surface area contributed by atoms with Crippen LogP contribution in [0.4, 0.5) is 0 Å². The number of hydrogen-bond acceptors (Lipinski definition) is 5. The van der Waals surface area contributed by atoms with E-state index in [1.165, 1.54) is 6.20 Å². The van der Waals surface area contributed by atoms with E-state index in [1.54, 1.807) is 6.92 Å². The van der Waals surface area contributed by atoms with Crippen molar-refractivity contribution in [2.24, 2.45) is 0 Å². The Bertz CT molecular complexity index is 954. The lowest BCUT2D eigenvalue weighted by Crippen LogP contribution is -1.96. The summed E-state index contributed by atoms with van der Waals surface area (Å²) in [5, 5.41) is 26.7. The number of benzene rings is 1. The number of aromatic amines is 2. The highest BCUT2D eigenvalue weighted by atomic mass is 16.3. The van der Waals surface area contributed by atoms with Gasteiger partial charge in [0.25, 0.3) is 0 Å². The molecule has 22 heavy (non-hydrogen) atoms. The van der Waals surface area contributed by atoms with Crippen LogP contribution < -0.4 is 0 Å². The molecule has 0 spiro atoms. The average Bonchev–Trinajstić information content (AvgIpc) is 3.12. The predicted octanol–water partition coefficient (Wildman–Crippen LogP) is 2.01. The summed E-state index contributed by atoms with van der Waals surface area (Å²) in [7, 11) is 0. The summed E-state index contributed by atoms with van der Waals surface area (Å²) in [6, 6.07) is 3.80. The SMILES string of the molecule is Cc1ncc(CO)c(-c2nc3cc4c[nH][nH]c4cc3n2)c1O. The quantitative estimate of drug-likeness (QED) is 0.452. The van der Waals surface area contributed by atoms with Gasteiger partial charge in [0.2, 0.25) is 0 Å². The van der Waals surface area contributed by atoms with E-state index in [2.05, 4.69) is 25.1 Å². The first-order chi connectivity index (χ1) is 10.7. The van der Waals surface area contributed by atoms with Crippen molar-refractivity contribution in [3.8, 4) is 17.1 Å². The van der Waals surface area contributed by atoms with Crippen LogP contribution in [-0.4, -0.2) is 35.4 Å². The Morgan fingerprint density at radius 2 is 1.95 bits per heavy atom. The number of nitrogens with one attached hydrogen (secondary N) is 2. The second kappa shape index (κ2) is 4.54. The van der Waals surface area contributed by atoms with Gasteiger partial charge in [0.05, 0.1) is 34.4 Å². The van der Waals surface area contributed by atoms with Crippen LogP contribution in [0.25, 0.3) is 33.3 Å². The fourth-order valence-corrected chi connectivity index (χ4v) is 2.56. The van der Waals surface area contributed by atoms with E-state index >= 15 is 0 Å². The molecule has 1 aromatic carbocycles. The number of hydrogen-bond donors (Lipinski definition) is 4. The van der Waals surface area contributed by atoms with Crippen molar-refractivity contribution in [3.05, 3.63) is 35.8 Å². The van der Waals surface area contributed by atoms with Gasteiger partial charge in [-0.25, -0.2) is 9.97 Å². The van der Waals surface area contributed by atoms with E-state index in [-0.39, 0.29) is 12.4 Å². The second-order valence-electron chi connectivity index (χ2n) is 5.14. The number of aryl methyl sites for hydroxylation is 1. The van der Waals surface area contributed by atoms with Crippen LogP contribution in [0.2, 0.25) is 0 Å². The maximum absolute atomic E-state index is 10.3. The molecule has 0 aliphatic rings. The minimum absolute atomic E-state index is 0.000696. The average molecular weight is 295 g/mol. The summed E-state index contributed by atoms with van der Waals surface area (Å²) in [6.45, 7) is 1.46. The van der Waals surface area contributed by atoms with Crippen LogP contribution in [0.15, 0.2) is 24.5 Å². The molecule has 0 atom stereocenters. The fourth-order valence-electron chi connectivity index (χ4n) is 2.56. The smallest absolute Gasteiger partial charge is 0.164 e. The van der Waals surface area contributed by atoms with Crippen LogP contribution in [0.1, 0.15) is 11.3 Å². The highest BCUT2D eigenvalue weighted by molar-refractivity contribution is 5.94. The number of imidazole rings is 1. The minimum Gasteiger partial charge on any atom is -0.505 e. The topological polar surface area (TPSA) is 111 Å². The molecule has 0 amide bonds. The maximum Gasteiger partial charge on any atom is 0.164 e. The van der Waals surface area contributed by atoms with E-state index in [0.29, 0.717) is 22.6 Å². The van der Waals surface area contributed by atoms with Crippen molar-refractivity contribution in [1.82, 2.24) is 25.1 Å². The number of aromatic hydroxyl groups is 1. The lowest BCUT2D eigenvalue weighted by molar-refractivity contribution is 0.281. The molecule has 110 valence electrons. The molecule has 0 bridgehead atoms. The highest BCUT2D eigenvalue weighted by Crippen LogP contribution is 2.34. The number of pyridine rings is 1. The summed E-state index contributed by atoms with van der Waals surface area (Å²) < 4.78 is 0. The number of nitrogens with zero attached hydrogens (tertiary/aromatic N) is 3. The highest BCUT2D eigenvalue weighted by Gasteiger charge is 2.18. The molecule has 4 N–H and O–H groups in total. The molecule has 0 saturated heterocycles. The van der Waals surface area contributed by atoms with Gasteiger partial charge in [-0.15, -0.1) is 0 Å². The van der Waals surface area contributed by atoms with E-state index in [4.69, 9.17) is 0 Å². The molecular formula is C15H13N5O2. The molecule has 0 unspecified atom stereocenters. The van der Waals surface area contributed by atoms with Crippen molar-refractivity contribution < 1.29 is 10.2 Å². The minimum atomic E-state index is -0.239. The van der Waals surface area contributed by atoms with Crippen molar-refractivity contribution in [2.75, 3.05) is 0 Å². The first-order valence-corrected chi connectivity index (χ1v) is 6.79. The number of fused-ring (bicyclic) bond motifs is 2. The molecule has 0 radical (unpaired) electrons. The van der Waals surface area contributed by atoms with Crippen LogP contribution >= 0.6 is 0 Å². The first-order valence-electron chi connectivity index (χ1n) is 6.79. The lowest BCUT2D eigenvalue weighted by atomic mass is 10.1. The Labute approximate surface area is 124 Å². The van der Waals surface area contributed by atoms with Gasteiger partial charge in [-0.3, -0.25) is 4.98 Å². The van der Waals surface area contributed by atoms with Crippen molar-refractivity contribution in [2.45, 2.75) is 13.5 Å². The van der Waals surface area contributed by atoms with Gasteiger partial charge < -0.3 is 20.4 Å². The third-order valence-electron chi connectivity index (χ3n) is 3.74. The number of H-pyrrole nitrogens is 2. The molecule has 3 heterocycles.